The number of benzene rings is 2. The second-order valence-electron chi connectivity index (χ2n) is 5.48. The third-order valence-electron chi connectivity index (χ3n) is 3.86. The summed E-state index contributed by atoms with van der Waals surface area (Å²) in [5.41, 5.74) is 4.35. The molecule has 1 atom stereocenters. The summed E-state index contributed by atoms with van der Waals surface area (Å²) in [5.74, 6) is 0. The largest absolute Gasteiger partial charge is 0.441 e. The lowest BCUT2D eigenvalue weighted by Crippen LogP contribution is -2.20. The van der Waals surface area contributed by atoms with Crippen LogP contribution < -0.4 is 5.32 Å². The number of anilines is 1. The molecular formula is C18H19NO2. The number of amides is 1. The molecule has 1 amide bonds. The predicted octanol–water partition coefficient (Wildman–Crippen LogP) is 4.62. The van der Waals surface area contributed by atoms with Crippen molar-refractivity contribution in [2.75, 3.05) is 5.32 Å². The first kappa shape index (κ1) is 13.7. The smallest absolute Gasteiger partial charge is 0.412 e. The van der Waals surface area contributed by atoms with Crippen molar-refractivity contribution >= 4 is 11.8 Å². The average molecular weight is 281 g/mol. The Morgan fingerprint density at radius 2 is 1.90 bits per heavy atom. The monoisotopic (exact) mass is 281 g/mol. The first-order valence-corrected chi connectivity index (χ1v) is 7.34. The molecule has 0 saturated heterocycles. The van der Waals surface area contributed by atoms with Crippen LogP contribution in [-0.2, 0) is 11.2 Å². The topological polar surface area (TPSA) is 38.3 Å². The van der Waals surface area contributed by atoms with Crippen LogP contribution in [0, 0.1) is 6.92 Å². The zero-order valence-corrected chi connectivity index (χ0v) is 12.1. The van der Waals surface area contributed by atoms with Gasteiger partial charge < -0.3 is 4.74 Å². The van der Waals surface area contributed by atoms with Crippen LogP contribution in [-0.4, -0.2) is 6.09 Å². The van der Waals surface area contributed by atoms with Gasteiger partial charge in [-0.15, -0.1) is 0 Å². The number of rotatable bonds is 2. The minimum atomic E-state index is -0.388. The number of carbonyl (C=O) groups excluding carboxylic acids is 1. The fraction of sp³-hybridized carbons (Fsp3) is 0.278. The molecule has 3 nitrogen and oxygen atoms in total. The molecule has 3 heteroatoms. The van der Waals surface area contributed by atoms with E-state index in [0.29, 0.717) is 0 Å². The summed E-state index contributed by atoms with van der Waals surface area (Å²) in [6.07, 6.45) is 2.48. The number of hydrogen-bond acceptors (Lipinski definition) is 2. The Bertz CT molecular complexity index is 634. The second kappa shape index (κ2) is 6.00. The van der Waals surface area contributed by atoms with Crippen molar-refractivity contribution in [3.63, 3.8) is 0 Å². The molecule has 0 saturated carbocycles. The van der Waals surface area contributed by atoms with Crippen LogP contribution in [0.15, 0.2) is 48.5 Å². The van der Waals surface area contributed by atoms with Crippen LogP contribution in [0.25, 0.3) is 0 Å². The molecule has 108 valence electrons. The minimum absolute atomic E-state index is 0.139. The first-order chi connectivity index (χ1) is 10.2. The SMILES string of the molecule is Cc1ccc(NC(=O)OC2CCCc3ccccc32)cc1. The van der Waals surface area contributed by atoms with E-state index in [4.69, 9.17) is 4.74 Å². The number of aryl methyl sites for hydroxylation is 2. The molecule has 0 radical (unpaired) electrons. The van der Waals surface area contributed by atoms with Gasteiger partial charge in [0.25, 0.3) is 0 Å². The van der Waals surface area contributed by atoms with Crippen LogP contribution in [0.1, 0.15) is 35.6 Å². The van der Waals surface area contributed by atoms with Gasteiger partial charge in [0.1, 0.15) is 6.10 Å². The van der Waals surface area contributed by atoms with E-state index in [1.807, 2.05) is 43.3 Å². The van der Waals surface area contributed by atoms with E-state index in [1.165, 1.54) is 5.56 Å². The van der Waals surface area contributed by atoms with Crippen molar-refractivity contribution < 1.29 is 9.53 Å². The van der Waals surface area contributed by atoms with Crippen LogP contribution in [0.2, 0.25) is 0 Å². The van der Waals surface area contributed by atoms with Crippen molar-refractivity contribution in [2.24, 2.45) is 0 Å². The quantitative estimate of drug-likeness (QED) is 0.872. The minimum Gasteiger partial charge on any atom is -0.441 e. The third-order valence-corrected chi connectivity index (χ3v) is 3.86. The molecule has 1 unspecified atom stereocenters. The summed E-state index contributed by atoms with van der Waals surface area (Å²) >= 11 is 0. The van der Waals surface area contributed by atoms with Crippen LogP contribution in [0.4, 0.5) is 10.5 Å². The Kier molecular flexibility index (Phi) is 3.91. The highest BCUT2D eigenvalue weighted by Gasteiger charge is 2.23. The predicted molar refractivity (Wildman–Crippen MR) is 83.4 cm³/mol. The van der Waals surface area contributed by atoms with E-state index < -0.39 is 0 Å². The Hall–Kier alpha value is -2.29. The number of hydrogen-bond donors (Lipinski definition) is 1. The average Bonchev–Trinajstić information content (AvgIpc) is 2.50. The number of ether oxygens (including phenoxy) is 1. The highest BCUT2D eigenvalue weighted by molar-refractivity contribution is 5.84. The third kappa shape index (κ3) is 3.24. The number of nitrogens with one attached hydrogen (secondary N) is 1. The van der Waals surface area contributed by atoms with Crippen molar-refractivity contribution in [1.82, 2.24) is 0 Å². The summed E-state index contributed by atoms with van der Waals surface area (Å²) < 4.78 is 5.60. The van der Waals surface area contributed by atoms with Crippen molar-refractivity contribution in [3.8, 4) is 0 Å². The highest BCUT2D eigenvalue weighted by atomic mass is 16.6. The van der Waals surface area contributed by atoms with Crippen LogP contribution in [0.5, 0.6) is 0 Å². The number of carbonyl (C=O) groups is 1. The summed E-state index contributed by atoms with van der Waals surface area (Å²) in [6.45, 7) is 2.01. The molecule has 1 N–H and O–H groups in total. The molecule has 3 rings (SSSR count). The molecular weight excluding hydrogens is 262 g/mol. The normalized spacial score (nSPS) is 16.9. The lowest BCUT2D eigenvalue weighted by Gasteiger charge is -2.25. The molecule has 21 heavy (non-hydrogen) atoms. The zero-order valence-electron chi connectivity index (χ0n) is 12.1. The van der Waals surface area contributed by atoms with Gasteiger partial charge in [-0.2, -0.15) is 0 Å². The van der Waals surface area contributed by atoms with E-state index >= 15 is 0 Å². The van der Waals surface area contributed by atoms with Gasteiger partial charge in [-0.1, -0.05) is 42.0 Å². The summed E-state index contributed by atoms with van der Waals surface area (Å²) in [7, 11) is 0. The van der Waals surface area contributed by atoms with Gasteiger partial charge in [0.05, 0.1) is 0 Å². The molecule has 0 bridgehead atoms. The van der Waals surface area contributed by atoms with E-state index in [-0.39, 0.29) is 12.2 Å². The Morgan fingerprint density at radius 1 is 1.14 bits per heavy atom. The van der Waals surface area contributed by atoms with Crippen LogP contribution >= 0.6 is 0 Å². The molecule has 0 fully saturated rings. The van der Waals surface area contributed by atoms with Gasteiger partial charge in [0.2, 0.25) is 0 Å². The maximum atomic E-state index is 12.0. The molecule has 0 aromatic heterocycles. The van der Waals surface area contributed by atoms with Crippen molar-refractivity contribution in [3.05, 3.63) is 65.2 Å². The van der Waals surface area contributed by atoms with Gasteiger partial charge in [0, 0.05) is 5.69 Å². The summed E-state index contributed by atoms with van der Waals surface area (Å²) in [6, 6.07) is 15.9. The van der Waals surface area contributed by atoms with E-state index in [0.717, 1.165) is 36.1 Å². The second-order valence-corrected chi connectivity index (χ2v) is 5.48. The van der Waals surface area contributed by atoms with Gasteiger partial charge in [-0.3, -0.25) is 5.32 Å². The molecule has 0 heterocycles. The Balaban J connectivity index is 1.67. The molecule has 2 aromatic rings. The Morgan fingerprint density at radius 3 is 2.71 bits per heavy atom. The van der Waals surface area contributed by atoms with Crippen molar-refractivity contribution in [2.45, 2.75) is 32.3 Å². The fourth-order valence-electron chi connectivity index (χ4n) is 2.75. The Labute approximate surface area is 124 Å². The molecule has 0 spiro atoms. The summed E-state index contributed by atoms with van der Waals surface area (Å²) in [4.78, 5) is 12.0. The number of fused-ring (bicyclic) bond motifs is 1. The van der Waals surface area contributed by atoms with Gasteiger partial charge in [-0.25, -0.2) is 4.79 Å². The van der Waals surface area contributed by atoms with E-state index in [9.17, 15) is 4.79 Å². The maximum Gasteiger partial charge on any atom is 0.412 e. The molecule has 1 aliphatic rings. The molecule has 2 aromatic carbocycles. The fourth-order valence-corrected chi connectivity index (χ4v) is 2.75. The lowest BCUT2D eigenvalue weighted by molar-refractivity contribution is 0.0999. The van der Waals surface area contributed by atoms with E-state index in [1.54, 1.807) is 0 Å². The molecule has 1 aliphatic carbocycles. The van der Waals surface area contributed by atoms with Gasteiger partial charge >= 0.3 is 6.09 Å². The maximum absolute atomic E-state index is 12.0. The highest BCUT2D eigenvalue weighted by Crippen LogP contribution is 2.32. The standard InChI is InChI=1S/C18H19NO2/c1-13-9-11-15(12-10-13)19-18(20)21-17-8-4-6-14-5-2-3-7-16(14)17/h2-3,5,7,9-12,17H,4,6,8H2,1H3,(H,19,20). The van der Waals surface area contributed by atoms with Gasteiger partial charge in [0.15, 0.2) is 0 Å². The molecule has 0 aliphatic heterocycles. The zero-order chi connectivity index (χ0) is 14.7. The van der Waals surface area contributed by atoms with Crippen LogP contribution in [0.3, 0.4) is 0 Å². The summed E-state index contributed by atoms with van der Waals surface area (Å²) in [5, 5.41) is 2.79. The van der Waals surface area contributed by atoms with Gasteiger partial charge in [-0.05, 0) is 49.4 Å². The first-order valence-electron chi connectivity index (χ1n) is 7.34. The van der Waals surface area contributed by atoms with Crippen molar-refractivity contribution in [1.29, 1.82) is 0 Å². The van der Waals surface area contributed by atoms with E-state index in [2.05, 4.69) is 17.4 Å². The lowest BCUT2D eigenvalue weighted by atomic mass is 9.89.